The van der Waals surface area contributed by atoms with Crippen LogP contribution in [-0.2, 0) is 19.9 Å². The standard InChI is InChI=1S/C7H9N2/c1-9-5-6-3-2-4-7(6)8-9/h2-4H2,1H3. The first kappa shape index (κ1) is 5.03. The molecule has 0 fully saturated rings. The topological polar surface area (TPSA) is 17.8 Å². The summed E-state index contributed by atoms with van der Waals surface area (Å²) in [6.07, 6.45) is 6.78. The third-order valence-electron chi connectivity index (χ3n) is 1.76. The van der Waals surface area contributed by atoms with Crippen LogP contribution in [0.15, 0.2) is 0 Å². The molecule has 0 aromatic carbocycles. The highest BCUT2D eigenvalue weighted by Gasteiger charge is 2.13. The first-order chi connectivity index (χ1) is 4.36. The van der Waals surface area contributed by atoms with Crippen molar-refractivity contribution in [2.24, 2.45) is 7.05 Å². The second-order valence-corrected chi connectivity index (χ2v) is 2.51. The summed E-state index contributed by atoms with van der Waals surface area (Å²) in [6.45, 7) is 0. The van der Waals surface area contributed by atoms with Gasteiger partial charge in [0.05, 0.1) is 11.9 Å². The maximum absolute atomic E-state index is 4.25. The minimum atomic E-state index is 1.16. The summed E-state index contributed by atoms with van der Waals surface area (Å²) in [5, 5.41) is 4.25. The van der Waals surface area contributed by atoms with E-state index in [-0.39, 0.29) is 0 Å². The molecule has 0 bridgehead atoms. The van der Waals surface area contributed by atoms with Crippen LogP contribution in [0.25, 0.3) is 0 Å². The quantitative estimate of drug-likeness (QED) is 0.494. The van der Waals surface area contributed by atoms with E-state index in [9.17, 15) is 0 Å². The molecule has 1 aliphatic rings. The van der Waals surface area contributed by atoms with Gasteiger partial charge >= 0.3 is 0 Å². The van der Waals surface area contributed by atoms with Crippen molar-refractivity contribution in [2.75, 3.05) is 0 Å². The van der Waals surface area contributed by atoms with Crippen molar-refractivity contribution in [3.8, 4) is 0 Å². The van der Waals surface area contributed by atoms with Gasteiger partial charge in [0.1, 0.15) is 0 Å². The van der Waals surface area contributed by atoms with E-state index in [0.29, 0.717) is 0 Å². The molecule has 0 amide bonds. The summed E-state index contributed by atoms with van der Waals surface area (Å²) in [5.74, 6) is 0. The molecule has 2 rings (SSSR count). The van der Waals surface area contributed by atoms with E-state index in [1.165, 1.54) is 24.1 Å². The Morgan fingerprint density at radius 3 is 3.22 bits per heavy atom. The van der Waals surface area contributed by atoms with Gasteiger partial charge in [-0.25, -0.2) is 0 Å². The highest BCUT2D eigenvalue weighted by Crippen LogP contribution is 2.18. The van der Waals surface area contributed by atoms with E-state index in [1.807, 2.05) is 7.05 Å². The van der Waals surface area contributed by atoms with Gasteiger partial charge in [0, 0.05) is 12.6 Å². The second-order valence-electron chi connectivity index (χ2n) is 2.51. The van der Waals surface area contributed by atoms with E-state index < -0.39 is 0 Å². The van der Waals surface area contributed by atoms with Crippen molar-refractivity contribution in [1.82, 2.24) is 9.78 Å². The molecule has 2 nitrogen and oxygen atoms in total. The Kier molecular flexibility index (Phi) is 0.891. The van der Waals surface area contributed by atoms with Crippen LogP contribution >= 0.6 is 0 Å². The molecule has 2 heteroatoms. The lowest BCUT2D eigenvalue weighted by Crippen LogP contribution is -1.90. The van der Waals surface area contributed by atoms with Gasteiger partial charge in [-0.15, -0.1) is 0 Å². The highest BCUT2D eigenvalue weighted by atomic mass is 15.3. The Bertz CT molecular complexity index is 203. The number of hydrogen-bond acceptors (Lipinski definition) is 1. The molecule has 0 aliphatic heterocycles. The maximum atomic E-state index is 4.25. The normalized spacial score (nSPS) is 16.1. The van der Waals surface area contributed by atoms with Gasteiger partial charge in [-0.1, -0.05) is 0 Å². The third kappa shape index (κ3) is 0.661. The SMILES string of the molecule is Cn1[c]c2c(n1)CCC2. The molecule has 0 saturated heterocycles. The molecule has 0 N–H and O–H groups in total. The van der Waals surface area contributed by atoms with Gasteiger partial charge in [-0.05, 0) is 19.3 Å². The molecular weight excluding hydrogens is 112 g/mol. The van der Waals surface area contributed by atoms with Crippen molar-refractivity contribution in [2.45, 2.75) is 19.3 Å². The van der Waals surface area contributed by atoms with Crippen LogP contribution in [-0.4, -0.2) is 9.78 Å². The number of aromatic nitrogens is 2. The largest absolute Gasteiger partial charge is 0.266 e. The molecule has 9 heavy (non-hydrogen) atoms. The molecule has 0 spiro atoms. The number of aryl methyl sites for hydroxylation is 3. The zero-order chi connectivity index (χ0) is 6.27. The predicted octanol–water partition coefficient (Wildman–Crippen LogP) is 0.709. The summed E-state index contributed by atoms with van der Waals surface area (Å²) in [7, 11) is 1.93. The van der Waals surface area contributed by atoms with E-state index in [4.69, 9.17) is 0 Å². The fraction of sp³-hybridized carbons (Fsp3) is 0.571. The zero-order valence-electron chi connectivity index (χ0n) is 5.52. The molecule has 1 heterocycles. The van der Waals surface area contributed by atoms with Gasteiger partial charge in [-0.3, -0.25) is 4.68 Å². The summed E-state index contributed by atoms with van der Waals surface area (Å²) in [5.41, 5.74) is 2.59. The van der Waals surface area contributed by atoms with Crippen molar-refractivity contribution in [1.29, 1.82) is 0 Å². The molecule has 1 aromatic heterocycles. The lowest BCUT2D eigenvalue weighted by atomic mass is 10.3. The van der Waals surface area contributed by atoms with Crippen molar-refractivity contribution >= 4 is 0 Å². The van der Waals surface area contributed by atoms with Gasteiger partial charge in [-0.2, -0.15) is 5.10 Å². The third-order valence-corrected chi connectivity index (χ3v) is 1.76. The van der Waals surface area contributed by atoms with Crippen LogP contribution in [0.2, 0.25) is 0 Å². The second kappa shape index (κ2) is 1.59. The Morgan fingerprint density at radius 1 is 1.56 bits per heavy atom. The van der Waals surface area contributed by atoms with Crippen LogP contribution in [0.5, 0.6) is 0 Å². The monoisotopic (exact) mass is 121 g/mol. The van der Waals surface area contributed by atoms with Crippen LogP contribution in [0.4, 0.5) is 0 Å². The number of rotatable bonds is 0. The van der Waals surface area contributed by atoms with E-state index in [0.717, 1.165) is 6.42 Å². The van der Waals surface area contributed by atoms with Gasteiger partial charge < -0.3 is 0 Å². The predicted molar refractivity (Wildman–Crippen MR) is 34.1 cm³/mol. The number of fused-ring (bicyclic) bond motifs is 1. The lowest BCUT2D eigenvalue weighted by Gasteiger charge is -1.84. The molecule has 1 radical (unpaired) electrons. The average Bonchev–Trinajstić information content (AvgIpc) is 2.22. The zero-order valence-corrected chi connectivity index (χ0v) is 5.52. The van der Waals surface area contributed by atoms with Gasteiger partial charge in [0.2, 0.25) is 0 Å². The average molecular weight is 121 g/mol. The maximum Gasteiger partial charge on any atom is 0.0897 e. The molecule has 47 valence electrons. The highest BCUT2D eigenvalue weighted by molar-refractivity contribution is 5.20. The van der Waals surface area contributed by atoms with Crippen molar-refractivity contribution in [3.05, 3.63) is 17.5 Å². The minimum Gasteiger partial charge on any atom is -0.266 e. The molecular formula is C7H9N2. The van der Waals surface area contributed by atoms with Crippen LogP contribution in [0.1, 0.15) is 17.7 Å². The first-order valence-electron chi connectivity index (χ1n) is 3.30. The Labute approximate surface area is 54.5 Å². The molecule has 1 aliphatic carbocycles. The van der Waals surface area contributed by atoms with Crippen molar-refractivity contribution < 1.29 is 0 Å². The van der Waals surface area contributed by atoms with Crippen LogP contribution < -0.4 is 0 Å². The minimum absolute atomic E-state index is 1.16. The fourth-order valence-electron chi connectivity index (χ4n) is 1.36. The fourth-order valence-corrected chi connectivity index (χ4v) is 1.36. The Balaban J connectivity index is 2.51. The van der Waals surface area contributed by atoms with Crippen LogP contribution in [0, 0.1) is 6.20 Å². The molecule has 0 saturated carbocycles. The van der Waals surface area contributed by atoms with Gasteiger partial charge in [0.25, 0.3) is 0 Å². The van der Waals surface area contributed by atoms with Gasteiger partial charge in [0.15, 0.2) is 0 Å². The van der Waals surface area contributed by atoms with E-state index >= 15 is 0 Å². The van der Waals surface area contributed by atoms with E-state index in [2.05, 4.69) is 11.3 Å². The van der Waals surface area contributed by atoms with Crippen molar-refractivity contribution in [3.63, 3.8) is 0 Å². The summed E-state index contributed by atoms with van der Waals surface area (Å²) >= 11 is 0. The number of hydrogen-bond donors (Lipinski definition) is 0. The summed E-state index contributed by atoms with van der Waals surface area (Å²) < 4.78 is 1.78. The first-order valence-corrected chi connectivity index (χ1v) is 3.30. The summed E-state index contributed by atoms with van der Waals surface area (Å²) in [6, 6.07) is 0. The molecule has 0 unspecified atom stereocenters. The molecule has 0 atom stereocenters. The smallest absolute Gasteiger partial charge is 0.0897 e. The Morgan fingerprint density at radius 2 is 2.44 bits per heavy atom. The summed E-state index contributed by atoms with van der Waals surface area (Å²) in [4.78, 5) is 0. The lowest BCUT2D eigenvalue weighted by molar-refractivity contribution is 0.722. The van der Waals surface area contributed by atoms with E-state index in [1.54, 1.807) is 4.68 Å². The molecule has 1 aromatic rings. The Hall–Kier alpha value is -0.790. The number of nitrogens with zero attached hydrogens (tertiary/aromatic N) is 2. The van der Waals surface area contributed by atoms with Crippen LogP contribution in [0.3, 0.4) is 0 Å².